The molecule has 0 aliphatic rings. The number of tetrazole rings is 1. The minimum atomic E-state index is 0.275. The molecule has 2 aromatic rings. The second-order valence-corrected chi connectivity index (χ2v) is 3.01. The number of benzene rings is 1. The van der Waals surface area contributed by atoms with Crippen molar-refractivity contribution in [1.82, 2.24) is 20.6 Å². The van der Waals surface area contributed by atoms with Gasteiger partial charge in [0.15, 0.2) is 6.61 Å². The Bertz CT molecular complexity index is 403. The summed E-state index contributed by atoms with van der Waals surface area (Å²) in [5, 5.41) is 13.9. The highest BCUT2D eigenvalue weighted by molar-refractivity contribution is 6.30. The summed E-state index contributed by atoms with van der Waals surface area (Å²) >= 11 is 5.78. The molecule has 0 unspecified atom stereocenters. The van der Waals surface area contributed by atoms with E-state index in [1.165, 1.54) is 0 Å². The van der Waals surface area contributed by atoms with Crippen LogP contribution < -0.4 is 4.74 Å². The third kappa shape index (κ3) is 2.20. The van der Waals surface area contributed by atoms with E-state index in [0.29, 0.717) is 16.6 Å². The van der Waals surface area contributed by atoms with Gasteiger partial charge in [0.2, 0.25) is 5.82 Å². The van der Waals surface area contributed by atoms with Gasteiger partial charge in [-0.15, -0.1) is 10.2 Å². The van der Waals surface area contributed by atoms with Gasteiger partial charge in [0.05, 0.1) is 0 Å². The summed E-state index contributed by atoms with van der Waals surface area (Å²) in [4.78, 5) is 0. The van der Waals surface area contributed by atoms with E-state index in [1.54, 1.807) is 12.1 Å². The van der Waals surface area contributed by atoms with Crippen LogP contribution in [0.4, 0.5) is 0 Å². The monoisotopic (exact) mass is 210 g/mol. The van der Waals surface area contributed by atoms with Crippen LogP contribution in [0.2, 0.25) is 5.02 Å². The van der Waals surface area contributed by atoms with Crippen LogP contribution >= 0.6 is 11.6 Å². The molecule has 72 valence electrons. The first kappa shape index (κ1) is 8.96. The fourth-order valence-electron chi connectivity index (χ4n) is 0.948. The number of halogens is 1. The Balaban J connectivity index is 1.98. The van der Waals surface area contributed by atoms with Crippen molar-refractivity contribution >= 4 is 11.6 Å². The van der Waals surface area contributed by atoms with Gasteiger partial charge in [-0.2, -0.15) is 5.21 Å². The Hall–Kier alpha value is -1.62. The van der Waals surface area contributed by atoms with Crippen LogP contribution in [-0.2, 0) is 6.61 Å². The van der Waals surface area contributed by atoms with Crippen LogP contribution in [-0.4, -0.2) is 20.6 Å². The van der Waals surface area contributed by atoms with E-state index in [4.69, 9.17) is 16.3 Å². The topological polar surface area (TPSA) is 63.7 Å². The van der Waals surface area contributed by atoms with Crippen molar-refractivity contribution in [2.24, 2.45) is 0 Å². The lowest BCUT2D eigenvalue weighted by atomic mass is 10.3. The zero-order valence-corrected chi connectivity index (χ0v) is 7.90. The summed E-state index contributed by atoms with van der Waals surface area (Å²) in [6, 6.07) is 7.13. The van der Waals surface area contributed by atoms with Crippen molar-refractivity contribution in [3.63, 3.8) is 0 Å². The van der Waals surface area contributed by atoms with Crippen molar-refractivity contribution in [2.75, 3.05) is 0 Å². The Morgan fingerprint density at radius 1 is 1.43 bits per heavy atom. The zero-order valence-electron chi connectivity index (χ0n) is 7.14. The van der Waals surface area contributed by atoms with Crippen LogP contribution in [0, 0.1) is 0 Å². The van der Waals surface area contributed by atoms with Gasteiger partial charge in [-0.1, -0.05) is 22.9 Å². The highest BCUT2D eigenvalue weighted by Crippen LogP contribution is 2.17. The number of hydrogen-bond donors (Lipinski definition) is 1. The van der Waals surface area contributed by atoms with Gasteiger partial charge in [-0.05, 0) is 18.2 Å². The Kier molecular flexibility index (Phi) is 2.60. The van der Waals surface area contributed by atoms with Gasteiger partial charge >= 0.3 is 0 Å². The molecule has 2 rings (SSSR count). The number of rotatable bonds is 3. The molecule has 0 spiro atoms. The Labute approximate surface area is 85.0 Å². The van der Waals surface area contributed by atoms with Crippen LogP contribution in [0.1, 0.15) is 5.82 Å². The minimum absolute atomic E-state index is 0.275. The maximum Gasteiger partial charge on any atom is 0.211 e. The number of aromatic nitrogens is 4. The predicted molar refractivity (Wildman–Crippen MR) is 50.0 cm³/mol. The molecule has 0 saturated heterocycles. The molecular weight excluding hydrogens is 204 g/mol. The SMILES string of the molecule is Clc1cccc(OCc2nn[nH]n2)c1. The van der Waals surface area contributed by atoms with Crippen molar-refractivity contribution in [3.8, 4) is 5.75 Å². The quantitative estimate of drug-likeness (QED) is 0.833. The lowest BCUT2D eigenvalue weighted by molar-refractivity contribution is 0.296. The summed E-state index contributed by atoms with van der Waals surface area (Å²) in [6.07, 6.45) is 0. The van der Waals surface area contributed by atoms with E-state index in [9.17, 15) is 0 Å². The molecule has 0 saturated carbocycles. The number of ether oxygens (including phenoxy) is 1. The maximum absolute atomic E-state index is 5.78. The van der Waals surface area contributed by atoms with Gasteiger partial charge in [-0.3, -0.25) is 0 Å². The van der Waals surface area contributed by atoms with Crippen LogP contribution in [0.3, 0.4) is 0 Å². The standard InChI is InChI=1S/C8H7ClN4O/c9-6-2-1-3-7(4-6)14-5-8-10-12-13-11-8/h1-4H,5H2,(H,10,11,12,13). The molecule has 14 heavy (non-hydrogen) atoms. The second-order valence-electron chi connectivity index (χ2n) is 2.57. The first-order valence-electron chi connectivity index (χ1n) is 3.95. The number of aromatic amines is 1. The van der Waals surface area contributed by atoms with Crippen molar-refractivity contribution in [3.05, 3.63) is 35.1 Å². The van der Waals surface area contributed by atoms with Gasteiger partial charge in [0, 0.05) is 5.02 Å². The molecule has 1 aromatic carbocycles. The molecule has 0 radical (unpaired) electrons. The second kappa shape index (κ2) is 4.06. The Morgan fingerprint density at radius 3 is 3.07 bits per heavy atom. The van der Waals surface area contributed by atoms with Crippen molar-refractivity contribution < 1.29 is 4.74 Å². The smallest absolute Gasteiger partial charge is 0.211 e. The summed E-state index contributed by atoms with van der Waals surface area (Å²) in [5.74, 6) is 1.19. The number of nitrogens with one attached hydrogen (secondary N) is 1. The first-order chi connectivity index (χ1) is 6.84. The van der Waals surface area contributed by atoms with Crippen molar-refractivity contribution in [1.29, 1.82) is 0 Å². The molecule has 1 N–H and O–H groups in total. The lowest BCUT2D eigenvalue weighted by Crippen LogP contribution is -1.97. The molecule has 1 aromatic heterocycles. The van der Waals surface area contributed by atoms with E-state index in [-0.39, 0.29) is 6.61 Å². The van der Waals surface area contributed by atoms with Crippen LogP contribution in [0.5, 0.6) is 5.75 Å². The molecule has 0 aliphatic heterocycles. The highest BCUT2D eigenvalue weighted by atomic mass is 35.5. The number of H-pyrrole nitrogens is 1. The van der Waals surface area contributed by atoms with Crippen LogP contribution in [0.25, 0.3) is 0 Å². The van der Waals surface area contributed by atoms with E-state index >= 15 is 0 Å². The maximum atomic E-state index is 5.78. The average molecular weight is 211 g/mol. The largest absolute Gasteiger partial charge is 0.485 e. The fraction of sp³-hybridized carbons (Fsp3) is 0.125. The number of hydrogen-bond acceptors (Lipinski definition) is 4. The van der Waals surface area contributed by atoms with Gasteiger partial charge in [0.25, 0.3) is 0 Å². The fourth-order valence-corrected chi connectivity index (χ4v) is 1.13. The average Bonchev–Trinajstić information content (AvgIpc) is 2.67. The first-order valence-corrected chi connectivity index (χ1v) is 4.33. The Morgan fingerprint density at radius 2 is 2.36 bits per heavy atom. The molecule has 0 aliphatic carbocycles. The third-order valence-corrected chi connectivity index (χ3v) is 1.79. The van der Waals surface area contributed by atoms with Crippen molar-refractivity contribution in [2.45, 2.75) is 6.61 Å². The van der Waals surface area contributed by atoms with E-state index < -0.39 is 0 Å². The van der Waals surface area contributed by atoms with E-state index in [1.807, 2.05) is 12.1 Å². The molecule has 0 bridgehead atoms. The summed E-state index contributed by atoms with van der Waals surface area (Å²) in [6.45, 7) is 0.275. The van der Waals surface area contributed by atoms with Gasteiger partial charge in [-0.25, -0.2) is 0 Å². The number of nitrogens with zero attached hydrogens (tertiary/aromatic N) is 3. The third-order valence-electron chi connectivity index (χ3n) is 1.55. The normalized spacial score (nSPS) is 10.1. The highest BCUT2D eigenvalue weighted by Gasteiger charge is 1.99. The molecule has 0 fully saturated rings. The van der Waals surface area contributed by atoms with Gasteiger partial charge < -0.3 is 4.74 Å². The molecule has 0 atom stereocenters. The summed E-state index contributed by atoms with van der Waals surface area (Å²) < 4.78 is 5.36. The molecule has 6 heteroatoms. The summed E-state index contributed by atoms with van der Waals surface area (Å²) in [7, 11) is 0. The van der Waals surface area contributed by atoms with E-state index in [0.717, 1.165) is 0 Å². The van der Waals surface area contributed by atoms with Gasteiger partial charge in [0.1, 0.15) is 5.75 Å². The zero-order chi connectivity index (χ0) is 9.80. The molecule has 5 nitrogen and oxygen atoms in total. The molecule has 0 amide bonds. The van der Waals surface area contributed by atoms with Crippen LogP contribution in [0.15, 0.2) is 24.3 Å². The minimum Gasteiger partial charge on any atom is -0.485 e. The summed E-state index contributed by atoms with van der Waals surface area (Å²) in [5.41, 5.74) is 0. The molecular formula is C8H7ClN4O. The lowest BCUT2D eigenvalue weighted by Gasteiger charge is -2.02. The predicted octanol–water partition coefficient (Wildman–Crippen LogP) is 1.43. The molecule has 1 heterocycles. The van der Waals surface area contributed by atoms with E-state index in [2.05, 4.69) is 20.6 Å².